The average Bonchev–Trinajstić information content (AvgIpc) is 2.71. The first-order valence-electron chi connectivity index (χ1n) is 9.21. The number of hydrogen-bond donors (Lipinski definition) is 2. The second-order valence-corrected chi connectivity index (χ2v) is 7.27. The molecule has 2 aromatic rings. The summed E-state index contributed by atoms with van der Waals surface area (Å²) >= 11 is 6.16. The lowest BCUT2D eigenvalue weighted by Gasteiger charge is -2.19. The van der Waals surface area contributed by atoms with E-state index in [1.54, 1.807) is 24.4 Å². The van der Waals surface area contributed by atoms with Crippen molar-refractivity contribution in [2.45, 2.75) is 19.6 Å². The summed E-state index contributed by atoms with van der Waals surface area (Å²) in [6, 6.07) is 11.2. The molecule has 0 saturated heterocycles. The molecule has 0 radical (unpaired) electrons. The Hall–Kier alpha value is -3.05. The van der Waals surface area contributed by atoms with Gasteiger partial charge in [0.1, 0.15) is 0 Å². The molecule has 2 aromatic carbocycles. The molecular formula is C24H20ClF3N2. The minimum Gasteiger partial charge on any atom is -0.386 e. The third kappa shape index (κ3) is 4.74. The van der Waals surface area contributed by atoms with Crippen molar-refractivity contribution >= 4 is 29.0 Å². The lowest BCUT2D eigenvalue weighted by Crippen LogP contribution is -2.13. The van der Waals surface area contributed by atoms with Crippen molar-refractivity contribution in [1.29, 1.82) is 5.41 Å². The van der Waals surface area contributed by atoms with Crippen molar-refractivity contribution < 1.29 is 13.2 Å². The van der Waals surface area contributed by atoms with E-state index in [0.717, 1.165) is 28.8 Å². The lowest BCUT2D eigenvalue weighted by atomic mass is 9.88. The first kappa shape index (κ1) is 21.7. The van der Waals surface area contributed by atoms with Gasteiger partial charge in [-0.15, -0.1) is 0 Å². The number of hydrogen-bond acceptors (Lipinski definition) is 2. The molecule has 2 nitrogen and oxygen atoms in total. The SMILES string of the molecule is C=Cc1ccc(CN/C=C2\C(=N)C=CC(c3ccc(C(F)(F)F)cc3Cl)=C2C)cc1. The van der Waals surface area contributed by atoms with Crippen molar-refractivity contribution in [3.05, 3.63) is 106 Å². The van der Waals surface area contributed by atoms with Crippen LogP contribution in [0.2, 0.25) is 5.02 Å². The maximum absolute atomic E-state index is 12.9. The molecule has 0 heterocycles. The molecule has 1 aliphatic rings. The highest BCUT2D eigenvalue weighted by molar-refractivity contribution is 6.33. The quantitative estimate of drug-likeness (QED) is 0.526. The van der Waals surface area contributed by atoms with Crippen LogP contribution in [0, 0.1) is 5.41 Å². The summed E-state index contributed by atoms with van der Waals surface area (Å²) in [5, 5.41) is 11.4. The molecule has 30 heavy (non-hydrogen) atoms. The van der Waals surface area contributed by atoms with Gasteiger partial charge in [0, 0.05) is 28.9 Å². The number of nitrogens with one attached hydrogen (secondary N) is 2. The first-order chi connectivity index (χ1) is 14.2. The van der Waals surface area contributed by atoms with Gasteiger partial charge in [-0.3, -0.25) is 0 Å². The average molecular weight is 429 g/mol. The zero-order chi connectivity index (χ0) is 21.9. The molecule has 0 bridgehead atoms. The van der Waals surface area contributed by atoms with E-state index in [9.17, 15) is 13.2 Å². The van der Waals surface area contributed by atoms with Crippen LogP contribution in [0.5, 0.6) is 0 Å². The van der Waals surface area contributed by atoms with E-state index in [2.05, 4.69) is 11.9 Å². The molecule has 0 saturated carbocycles. The first-order valence-corrected chi connectivity index (χ1v) is 9.59. The van der Waals surface area contributed by atoms with Gasteiger partial charge in [-0.2, -0.15) is 13.2 Å². The Morgan fingerprint density at radius 3 is 2.40 bits per heavy atom. The summed E-state index contributed by atoms with van der Waals surface area (Å²) in [6.07, 6.45) is 2.40. The summed E-state index contributed by atoms with van der Waals surface area (Å²) in [4.78, 5) is 0. The van der Waals surface area contributed by atoms with E-state index in [4.69, 9.17) is 17.0 Å². The second-order valence-electron chi connectivity index (χ2n) is 6.86. The van der Waals surface area contributed by atoms with Gasteiger partial charge in [-0.1, -0.05) is 60.7 Å². The molecule has 3 rings (SSSR count). The predicted molar refractivity (Wildman–Crippen MR) is 117 cm³/mol. The van der Waals surface area contributed by atoms with E-state index in [-0.39, 0.29) is 5.02 Å². The van der Waals surface area contributed by atoms with E-state index in [1.807, 2.05) is 31.2 Å². The van der Waals surface area contributed by atoms with Crippen LogP contribution >= 0.6 is 11.6 Å². The van der Waals surface area contributed by atoms with Crippen molar-refractivity contribution in [2.75, 3.05) is 0 Å². The second kappa shape index (κ2) is 8.76. The monoisotopic (exact) mass is 428 g/mol. The zero-order valence-electron chi connectivity index (χ0n) is 16.3. The van der Waals surface area contributed by atoms with Crippen LogP contribution in [-0.4, -0.2) is 5.71 Å². The fourth-order valence-electron chi connectivity index (χ4n) is 3.16. The number of alkyl halides is 3. The highest BCUT2D eigenvalue weighted by atomic mass is 35.5. The molecule has 0 aromatic heterocycles. The zero-order valence-corrected chi connectivity index (χ0v) is 17.0. The molecule has 0 amide bonds. The Morgan fingerprint density at radius 1 is 1.10 bits per heavy atom. The lowest BCUT2D eigenvalue weighted by molar-refractivity contribution is -0.137. The molecule has 154 valence electrons. The van der Waals surface area contributed by atoms with Crippen LogP contribution in [0.1, 0.15) is 29.2 Å². The van der Waals surface area contributed by atoms with E-state index in [0.29, 0.717) is 29.0 Å². The van der Waals surface area contributed by atoms with Gasteiger partial charge < -0.3 is 10.7 Å². The minimum atomic E-state index is -4.45. The topological polar surface area (TPSA) is 35.9 Å². The summed E-state index contributed by atoms with van der Waals surface area (Å²) in [7, 11) is 0. The van der Waals surface area contributed by atoms with Gasteiger partial charge in [0.15, 0.2) is 0 Å². The summed E-state index contributed by atoms with van der Waals surface area (Å²) in [5.74, 6) is 0. The van der Waals surface area contributed by atoms with Gasteiger partial charge in [-0.25, -0.2) is 0 Å². The normalized spacial score (nSPS) is 15.6. The number of rotatable bonds is 5. The summed E-state index contributed by atoms with van der Waals surface area (Å²) in [5.41, 5.74) is 4.24. The maximum Gasteiger partial charge on any atom is 0.416 e. The fraction of sp³-hybridized carbons (Fsp3) is 0.125. The highest BCUT2D eigenvalue weighted by Crippen LogP contribution is 2.37. The molecule has 2 N–H and O–H groups in total. The fourth-order valence-corrected chi connectivity index (χ4v) is 3.44. The Morgan fingerprint density at radius 2 is 1.80 bits per heavy atom. The van der Waals surface area contributed by atoms with Crippen molar-refractivity contribution in [3.8, 4) is 0 Å². The Balaban J connectivity index is 1.85. The summed E-state index contributed by atoms with van der Waals surface area (Å²) in [6.45, 7) is 6.13. The van der Waals surface area contributed by atoms with Crippen LogP contribution in [-0.2, 0) is 12.7 Å². The molecule has 0 spiro atoms. The van der Waals surface area contributed by atoms with Gasteiger partial charge >= 0.3 is 6.18 Å². The third-order valence-corrected chi connectivity index (χ3v) is 5.18. The standard InChI is InChI=1S/C24H20ClF3N2/c1-3-16-4-6-17(7-5-16)13-30-14-21-15(2)19(10-11-23(21)29)20-9-8-18(12-22(20)25)24(26,27)28/h3-12,14,29-30H,1,13H2,2H3/b21-14-,29-23?. The predicted octanol–water partition coefficient (Wildman–Crippen LogP) is 7.04. The van der Waals surface area contributed by atoms with Crippen LogP contribution in [0.15, 0.2) is 78.5 Å². The molecule has 0 aliphatic heterocycles. The van der Waals surface area contributed by atoms with Crippen molar-refractivity contribution in [2.24, 2.45) is 0 Å². The van der Waals surface area contributed by atoms with Crippen LogP contribution < -0.4 is 5.32 Å². The van der Waals surface area contributed by atoms with Crippen molar-refractivity contribution in [3.63, 3.8) is 0 Å². The Bertz CT molecular complexity index is 1070. The van der Waals surface area contributed by atoms with Crippen molar-refractivity contribution in [1.82, 2.24) is 5.32 Å². The van der Waals surface area contributed by atoms with Crippen LogP contribution in [0.3, 0.4) is 0 Å². The number of benzene rings is 2. The smallest absolute Gasteiger partial charge is 0.386 e. The van der Waals surface area contributed by atoms with Gasteiger partial charge in [0.2, 0.25) is 0 Å². The van der Waals surface area contributed by atoms with Gasteiger partial charge in [0.25, 0.3) is 0 Å². The third-order valence-electron chi connectivity index (χ3n) is 4.87. The number of halogens is 4. The molecule has 0 atom stereocenters. The molecular weight excluding hydrogens is 409 g/mol. The van der Waals surface area contributed by atoms with E-state index >= 15 is 0 Å². The molecule has 0 fully saturated rings. The molecule has 1 aliphatic carbocycles. The number of allylic oxidation sites excluding steroid dienone is 5. The van der Waals surface area contributed by atoms with E-state index < -0.39 is 11.7 Å². The largest absolute Gasteiger partial charge is 0.416 e. The van der Waals surface area contributed by atoms with Crippen LogP contribution in [0.25, 0.3) is 11.6 Å². The molecule has 0 unspecified atom stereocenters. The minimum absolute atomic E-state index is 0.0203. The highest BCUT2D eigenvalue weighted by Gasteiger charge is 2.31. The Kier molecular flexibility index (Phi) is 6.32. The Labute approximate surface area is 178 Å². The summed E-state index contributed by atoms with van der Waals surface area (Å²) < 4.78 is 38.8. The van der Waals surface area contributed by atoms with Gasteiger partial charge in [0.05, 0.1) is 11.3 Å². The maximum atomic E-state index is 12.9. The van der Waals surface area contributed by atoms with Gasteiger partial charge in [-0.05, 0) is 47.4 Å². The van der Waals surface area contributed by atoms with E-state index in [1.165, 1.54) is 6.07 Å². The molecule has 6 heteroatoms. The van der Waals surface area contributed by atoms with Crippen LogP contribution in [0.4, 0.5) is 13.2 Å².